The van der Waals surface area contributed by atoms with Crippen LogP contribution in [0, 0.1) is 13.8 Å². The first-order chi connectivity index (χ1) is 5.68. The van der Waals surface area contributed by atoms with Crippen molar-refractivity contribution in [3.63, 3.8) is 0 Å². The molecule has 62 valence electrons. The second-order valence-corrected chi connectivity index (χ2v) is 4.39. The van der Waals surface area contributed by atoms with Crippen molar-refractivity contribution in [1.29, 1.82) is 0 Å². The van der Waals surface area contributed by atoms with E-state index in [2.05, 4.69) is 11.1 Å². The predicted molar refractivity (Wildman–Crippen MR) is 54.1 cm³/mol. The number of aromatic nitrogens is 1. The zero-order chi connectivity index (χ0) is 8.72. The van der Waals surface area contributed by atoms with Gasteiger partial charge in [0.25, 0.3) is 0 Å². The number of hydrogen-bond donors (Lipinski definition) is 0. The molecule has 0 aliphatic carbocycles. The standard InChI is InChI=1S/C9H8ClNS/c1-5-3-4-7-9(8(5)10)11-6(2)12-7/h3-4H,1-2H3. The van der Waals surface area contributed by atoms with Crippen molar-refractivity contribution in [3.8, 4) is 0 Å². The van der Waals surface area contributed by atoms with Crippen molar-refractivity contribution in [2.75, 3.05) is 0 Å². The number of hydrogen-bond acceptors (Lipinski definition) is 2. The summed E-state index contributed by atoms with van der Waals surface area (Å²) in [5.74, 6) is 0. The van der Waals surface area contributed by atoms with Crippen molar-refractivity contribution in [1.82, 2.24) is 4.98 Å². The number of rotatable bonds is 0. The summed E-state index contributed by atoms with van der Waals surface area (Å²) < 4.78 is 1.17. The monoisotopic (exact) mass is 197 g/mol. The van der Waals surface area contributed by atoms with Gasteiger partial charge in [-0.2, -0.15) is 0 Å². The number of aryl methyl sites for hydroxylation is 2. The summed E-state index contributed by atoms with van der Waals surface area (Å²) >= 11 is 7.76. The Labute approximate surface area is 80.0 Å². The Hall–Kier alpha value is -0.600. The van der Waals surface area contributed by atoms with E-state index < -0.39 is 0 Å². The summed E-state index contributed by atoms with van der Waals surface area (Å²) in [6, 6.07) is 4.10. The Morgan fingerprint density at radius 3 is 2.83 bits per heavy atom. The molecule has 2 aromatic rings. The number of fused-ring (bicyclic) bond motifs is 1. The van der Waals surface area contributed by atoms with Crippen molar-refractivity contribution in [3.05, 3.63) is 27.7 Å². The van der Waals surface area contributed by atoms with Crippen LogP contribution in [0.25, 0.3) is 10.2 Å². The summed E-state index contributed by atoms with van der Waals surface area (Å²) in [6.07, 6.45) is 0. The lowest BCUT2D eigenvalue weighted by Gasteiger charge is -1.95. The fourth-order valence-electron chi connectivity index (χ4n) is 1.17. The number of thiazole rings is 1. The summed E-state index contributed by atoms with van der Waals surface area (Å²) in [4.78, 5) is 4.36. The number of halogens is 1. The van der Waals surface area contributed by atoms with Gasteiger partial charge in [-0.25, -0.2) is 4.98 Å². The Morgan fingerprint density at radius 1 is 1.33 bits per heavy atom. The van der Waals surface area contributed by atoms with Crippen LogP contribution >= 0.6 is 22.9 Å². The molecule has 2 rings (SSSR count). The van der Waals surface area contributed by atoms with Crippen LogP contribution in [0.5, 0.6) is 0 Å². The van der Waals surface area contributed by atoms with Crippen LogP contribution in [0.2, 0.25) is 5.02 Å². The van der Waals surface area contributed by atoms with Gasteiger partial charge in [-0.15, -0.1) is 11.3 Å². The van der Waals surface area contributed by atoms with Crippen molar-refractivity contribution in [2.45, 2.75) is 13.8 Å². The Balaban J connectivity index is 2.89. The van der Waals surface area contributed by atoms with Crippen LogP contribution in [-0.2, 0) is 0 Å². The average molecular weight is 198 g/mol. The minimum absolute atomic E-state index is 0.789. The summed E-state index contributed by atoms with van der Waals surface area (Å²) in [7, 11) is 0. The van der Waals surface area contributed by atoms with Gasteiger partial charge < -0.3 is 0 Å². The highest BCUT2D eigenvalue weighted by atomic mass is 35.5. The van der Waals surface area contributed by atoms with Crippen LogP contribution in [0.3, 0.4) is 0 Å². The maximum atomic E-state index is 6.08. The summed E-state index contributed by atoms with van der Waals surface area (Å²) in [6.45, 7) is 3.99. The molecular formula is C9H8ClNS. The molecular weight excluding hydrogens is 190 g/mol. The lowest BCUT2D eigenvalue weighted by Crippen LogP contribution is -1.76. The van der Waals surface area contributed by atoms with E-state index >= 15 is 0 Å². The highest BCUT2D eigenvalue weighted by Crippen LogP contribution is 2.29. The molecule has 3 heteroatoms. The zero-order valence-electron chi connectivity index (χ0n) is 6.89. The van der Waals surface area contributed by atoms with E-state index in [1.807, 2.05) is 19.9 Å². The van der Waals surface area contributed by atoms with E-state index in [1.54, 1.807) is 11.3 Å². The first kappa shape index (κ1) is 8.02. The third-order valence-corrected chi connectivity index (χ3v) is 3.21. The molecule has 1 nitrogen and oxygen atoms in total. The van der Waals surface area contributed by atoms with Crippen LogP contribution < -0.4 is 0 Å². The Kier molecular flexibility index (Phi) is 1.81. The number of benzene rings is 1. The second-order valence-electron chi connectivity index (χ2n) is 2.78. The average Bonchev–Trinajstić information content (AvgIpc) is 2.39. The maximum absolute atomic E-state index is 6.08. The second kappa shape index (κ2) is 2.71. The zero-order valence-corrected chi connectivity index (χ0v) is 8.46. The van der Waals surface area contributed by atoms with Gasteiger partial charge in [0.1, 0.15) is 5.52 Å². The fraction of sp³-hybridized carbons (Fsp3) is 0.222. The van der Waals surface area contributed by atoms with Crippen LogP contribution in [0.4, 0.5) is 0 Å². The van der Waals surface area contributed by atoms with Gasteiger partial charge >= 0.3 is 0 Å². The molecule has 0 aliphatic heterocycles. The third-order valence-electron chi connectivity index (χ3n) is 1.80. The van der Waals surface area contributed by atoms with Crippen LogP contribution in [0.15, 0.2) is 12.1 Å². The summed E-state index contributed by atoms with van der Waals surface area (Å²) in [5.41, 5.74) is 2.04. The molecule has 12 heavy (non-hydrogen) atoms. The SMILES string of the molecule is Cc1nc2c(Cl)c(C)ccc2s1. The molecule has 1 aromatic carbocycles. The largest absolute Gasteiger partial charge is 0.240 e. The van der Waals surface area contributed by atoms with E-state index in [0.29, 0.717) is 0 Å². The quantitative estimate of drug-likeness (QED) is 0.629. The molecule has 1 aromatic heterocycles. The lowest BCUT2D eigenvalue weighted by atomic mass is 10.2. The smallest absolute Gasteiger partial charge is 0.100 e. The normalized spacial score (nSPS) is 10.9. The van der Waals surface area contributed by atoms with E-state index in [1.165, 1.54) is 4.70 Å². The van der Waals surface area contributed by atoms with E-state index in [9.17, 15) is 0 Å². The van der Waals surface area contributed by atoms with Gasteiger partial charge in [-0.3, -0.25) is 0 Å². The molecule has 1 heterocycles. The molecule has 0 spiro atoms. The van der Waals surface area contributed by atoms with E-state index in [4.69, 9.17) is 11.6 Å². The molecule has 0 bridgehead atoms. The minimum atomic E-state index is 0.789. The third kappa shape index (κ3) is 1.11. The van der Waals surface area contributed by atoms with Gasteiger partial charge in [0.2, 0.25) is 0 Å². The number of nitrogens with zero attached hydrogens (tertiary/aromatic N) is 1. The Bertz CT molecular complexity index is 433. The molecule has 0 N–H and O–H groups in total. The highest BCUT2D eigenvalue weighted by molar-refractivity contribution is 7.18. The van der Waals surface area contributed by atoms with Gasteiger partial charge in [0, 0.05) is 0 Å². The lowest BCUT2D eigenvalue weighted by molar-refractivity contribution is 1.34. The first-order valence-electron chi connectivity index (χ1n) is 3.71. The van der Waals surface area contributed by atoms with Crippen molar-refractivity contribution < 1.29 is 0 Å². The molecule has 0 amide bonds. The molecule has 0 aliphatic rings. The molecule has 0 atom stereocenters. The van der Waals surface area contributed by atoms with Gasteiger partial charge in [0.15, 0.2) is 0 Å². The molecule has 0 fully saturated rings. The van der Waals surface area contributed by atoms with Crippen molar-refractivity contribution >= 4 is 33.2 Å². The molecule has 0 saturated carbocycles. The summed E-state index contributed by atoms with van der Waals surface area (Å²) in [5, 5.41) is 1.86. The maximum Gasteiger partial charge on any atom is 0.100 e. The van der Waals surface area contributed by atoms with Crippen LogP contribution in [0.1, 0.15) is 10.6 Å². The molecule has 0 saturated heterocycles. The highest BCUT2D eigenvalue weighted by Gasteiger charge is 2.05. The van der Waals surface area contributed by atoms with Gasteiger partial charge in [0.05, 0.1) is 14.7 Å². The van der Waals surface area contributed by atoms with Gasteiger partial charge in [-0.1, -0.05) is 17.7 Å². The fourth-order valence-corrected chi connectivity index (χ4v) is 2.27. The van der Waals surface area contributed by atoms with E-state index in [-0.39, 0.29) is 0 Å². The topological polar surface area (TPSA) is 12.9 Å². The molecule has 0 radical (unpaired) electrons. The molecule has 0 unspecified atom stereocenters. The minimum Gasteiger partial charge on any atom is -0.240 e. The Morgan fingerprint density at radius 2 is 2.08 bits per heavy atom. The predicted octanol–water partition coefficient (Wildman–Crippen LogP) is 3.57. The van der Waals surface area contributed by atoms with Gasteiger partial charge in [-0.05, 0) is 25.5 Å². The van der Waals surface area contributed by atoms with Crippen LogP contribution in [-0.4, -0.2) is 4.98 Å². The van der Waals surface area contributed by atoms with E-state index in [0.717, 1.165) is 21.1 Å². The first-order valence-corrected chi connectivity index (χ1v) is 4.90. The van der Waals surface area contributed by atoms with Crippen molar-refractivity contribution in [2.24, 2.45) is 0 Å².